The zero-order valence-electron chi connectivity index (χ0n) is 23.6. The van der Waals surface area contributed by atoms with E-state index < -0.39 is 15.4 Å². The highest BCUT2D eigenvalue weighted by Gasteiger charge is 2.50. The molecule has 3 fully saturated rings. The third-order valence-corrected chi connectivity index (χ3v) is 11.9. The Morgan fingerprint density at radius 3 is 2.38 bits per heavy atom. The predicted molar refractivity (Wildman–Crippen MR) is 154 cm³/mol. The van der Waals surface area contributed by atoms with Gasteiger partial charge in [0.05, 0.1) is 32.5 Å². The highest BCUT2D eigenvalue weighted by Crippen LogP contribution is 2.52. The Morgan fingerprint density at radius 1 is 1.03 bits per heavy atom. The number of nitrogens with zero attached hydrogens (tertiary/aromatic N) is 4. The average Bonchev–Trinajstić information content (AvgIpc) is 3.24. The van der Waals surface area contributed by atoms with Crippen LogP contribution in [-0.2, 0) is 16.9 Å². The summed E-state index contributed by atoms with van der Waals surface area (Å²) in [5.41, 5.74) is 4.21. The van der Waals surface area contributed by atoms with Crippen LogP contribution in [0.3, 0.4) is 0 Å². The lowest BCUT2D eigenvalue weighted by Gasteiger charge is -2.51. The van der Waals surface area contributed by atoms with Crippen LogP contribution >= 0.6 is 0 Å². The van der Waals surface area contributed by atoms with E-state index in [0.717, 1.165) is 92.4 Å². The fourth-order valence-electron chi connectivity index (χ4n) is 6.97. The van der Waals surface area contributed by atoms with Crippen molar-refractivity contribution in [2.75, 3.05) is 25.5 Å². The van der Waals surface area contributed by atoms with E-state index in [2.05, 4.69) is 21.8 Å². The minimum atomic E-state index is -3.36. The summed E-state index contributed by atoms with van der Waals surface area (Å²) < 4.78 is 29.0. The van der Waals surface area contributed by atoms with Gasteiger partial charge in [-0.05, 0) is 121 Å². The van der Waals surface area contributed by atoms with Gasteiger partial charge in [-0.15, -0.1) is 0 Å². The van der Waals surface area contributed by atoms with E-state index >= 15 is 0 Å². The highest BCUT2D eigenvalue weighted by molar-refractivity contribution is 7.92. The van der Waals surface area contributed by atoms with E-state index in [9.17, 15) is 13.5 Å². The number of hydrogen-bond acceptors (Lipinski definition) is 7. The number of aliphatic hydroxyl groups is 1. The molecule has 0 bridgehead atoms. The number of rotatable bonds is 5. The molecule has 1 spiro atoms. The van der Waals surface area contributed by atoms with Gasteiger partial charge in [-0.1, -0.05) is 0 Å². The van der Waals surface area contributed by atoms with Crippen molar-refractivity contribution >= 4 is 32.5 Å². The summed E-state index contributed by atoms with van der Waals surface area (Å²) in [5, 5.41) is 13.6. The lowest BCUT2D eigenvalue weighted by Crippen LogP contribution is -2.50. The Hall–Kier alpha value is -2.49. The first-order chi connectivity index (χ1) is 18.4. The molecule has 3 aromatic rings. The maximum atomic E-state index is 13.5. The van der Waals surface area contributed by atoms with Crippen molar-refractivity contribution in [3.8, 4) is 0 Å². The number of piperidine rings is 1. The monoisotopic (exact) mass is 551 g/mol. The van der Waals surface area contributed by atoms with Gasteiger partial charge in [-0.25, -0.2) is 18.4 Å². The summed E-state index contributed by atoms with van der Waals surface area (Å²) in [5.74, 6) is 0.775. The van der Waals surface area contributed by atoms with E-state index in [0.29, 0.717) is 10.8 Å². The van der Waals surface area contributed by atoms with Crippen LogP contribution in [0, 0.1) is 12.3 Å². The molecule has 2 aliphatic carbocycles. The van der Waals surface area contributed by atoms with E-state index in [-0.39, 0.29) is 16.6 Å². The van der Waals surface area contributed by atoms with Gasteiger partial charge in [-0.3, -0.25) is 0 Å². The Bertz CT molecular complexity index is 1490. The molecule has 39 heavy (non-hydrogen) atoms. The third kappa shape index (κ3) is 4.98. The largest absolute Gasteiger partial charge is 0.390 e. The molecule has 0 atom stereocenters. The fourth-order valence-corrected chi connectivity index (χ4v) is 9.10. The number of nitrogens with one attached hydrogen (secondary N) is 1. The fraction of sp³-hybridized carbons (Fsp3) is 0.600. The van der Waals surface area contributed by atoms with Crippen LogP contribution in [0.4, 0.5) is 11.6 Å². The van der Waals surface area contributed by atoms with Crippen molar-refractivity contribution in [3.63, 3.8) is 0 Å². The molecular weight excluding hydrogens is 510 g/mol. The van der Waals surface area contributed by atoms with Gasteiger partial charge in [0.15, 0.2) is 9.84 Å². The van der Waals surface area contributed by atoms with Gasteiger partial charge < -0.3 is 19.9 Å². The molecule has 6 rings (SSSR count). The van der Waals surface area contributed by atoms with Gasteiger partial charge in [-0.2, -0.15) is 0 Å². The van der Waals surface area contributed by atoms with Crippen molar-refractivity contribution in [2.45, 2.75) is 86.9 Å². The SMILES string of the molecule is Cc1cc(S(=O)(=O)C2CC3(CCN(C)CC3)C2)ccc1Nc1nc2ccn(C)c2c([C@H]2CC[C@@](C)(O)CC2)n1. The second-order valence-corrected chi connectivity index (χ2v) is 15.1. The molecule has 2 aromatic heterocycles. The molecule has 2 saturated carbocycles. The summed E-state index contributed by atoms with van der Waals surface area (Å²) in [6.07, 6.45) is 9.06. The zero-order valence-corrected chi connectivity index (χ0v) is 24.4. The summed E-state index contributed by atoms with van der Waals surface area (Å²) >= 11 is 0. The Kier molecular flexibility index (Phi) is 6.55. The molecule has 9 heteroatoms. The first-order valence-electron chi connectivity index (χ1n) is 14.3. The van der Waals surface area contributed by atoms with Crippen molar-refractivity contribution in [1.82, 2.24) is 19.4 Å². The summed E-state index contributed by atoms with van der Waals surface area (Å²) in [4.78, 5) is 12.5. The number of aromatic nitrogens is 3. The van der Waals surface area contributed by atoms with Gasteiger partial charge in [0.2, 0.25) is 5.95 Å². The van der Waals surface area contributed by atoms with Crippen LogP contribution in [-0.4, -0.2) is 63.9 Å². The van der Waals surface area contributed by atoms with Crippen LogP contribution in [0.5, 0.6) is 0 Å². The van der Waals surface area contributed by atoms with Gasteiger partial charge >= 0.3 is 0 Å². The second kappa shape index (κ2) is 9.56. The molecule has 1 aromatic carbocycles. The number of likely N-dealkylation sites (tertiary alicyclic amines) is 1. The maximum Gasteiger partial charge on any atom is 0.228 e. The number of fused-ring (bicyclic) bond motifs is 1. The summed E-state index contributed by atoms with van der Waals surface area (Å²) in [6, 6.07) is 7.38. The van der Waals surface area contributed by atoms with Gasteiger partial charge in [0.25, 0.3) is 0 Å². The van der Waals surface area contributed by atoms with E-state index in [4.69, 9.17) is 9.97 Å². The van der Waals surface area contributed by atoms with E-state index in [1.807, 2.05) is 39.2 Å². The number of anilines is 2. The van der Waals surface area contributed by atoms with Crippen LogP contribution < -0.4 is 5.32 Å². The third-order valence-electron chi connectivity index (χ3n) is 9.78. The summed E-state index contributed by atoms with van der Waals surface area (Å²) in [7, 11) is 0.801. The molecule has 2 N–H and O–H groups in total. The number of aryl methyl sites for hydroxylation is 2. The Labute approximate surface area is 231 Å². The van der Waals surface area contributed by atoms with Crippen LogP contribution in [0.1, 0.15) is 75.5 Å². The first-order valence-corrected chi connectivity index (χ1v) is 15.8. The molecule has 0 amide bonds. The van der Waals surface area contributed by atoms with Crippen molar-refractivity contribution < 1.29 is 13.5 Å². The smallest absolute Gasteiger partial charge is 0.228 e. The van der Waals surface area contributed by atoms with Gasteiger partial charge in [0.1, 0.15) is 0 Å². The van der Waals surface area contributed by atoms with Crippen LogP contribution in [0.15, 0.2) is 35.4 Å². The summed E-state index contributed by atoms with van der Waals surface area (Å²) in [6.45, 7) is 5.98. The van der Waals surface area contributed by atoms with Crippen LogP contribution in [0.25, 0.3) is 11.0 Å². The van der Waals surface area contributed by atoms with Crippen LogP contribution in [0.2, 0.25) is 0 Å². The number of hydrogen-bond donors (Lipinski definition) is 2. The Morgan fingerprint density at radius 2 is 1.72 bits per heavy atom. The van der Waals surface area contributed by atoms with E-state index in [1.54, 1.807) is 12.1 Å². The first kappa shape index (κ1) is 26.7. The molecule has 1 saturated heterocycles. The standard InChI is InChI=1S/C30H41N5O3S/c1-20-17-22(39(37,38)23-18-30(19-23)12-15-34(3)16-13-30)5-6-24(20)31-28-32-25-9-14-35(4)27(25)26(33-28)21-7-10-29(2,36)11-8-21/h5-6,9,14,17,21,23,36H,7-8,10-13,15-16,18-19H2,1-4H3,(H,31,32,33)/t21-,29+. The van der Waals surface area contributed by atoms with E-state index in [1.165, 1.54) is 0 Å². The quantitative estimate of drug-likeness (QED) is 0.456. The molecule has 0 unspecified atom stereocenters. The zero-order chi connectivity index (χ0) is 27.6. The number of sulfone groups is 1. The molecule has 0 radical (unpaired) electrons. The Balaban J connectivity index is 1.22. The minimum absolute atomic E-state index is 0.222. The lowest BCUT2D eigenvalue weighted by molar-refractivity contribution is 0.0169. The van der Waals surface area contributed by atoms with Crippen molar-refractivity contribution in [1.29, 1.82) is 0 Å². The lowest BCUT2D eigenvalue weighted by atomic mass is 9.63. The second-order valence-electron chi connectivity index (χ2n) is 12.8. The topological polar surface area (TPSA) is 100 Å². The number of benzene rings is 1. The normalized spacial score (nSPS) is 26.1. The molecule has 3 aliphatic rings. The molecule has 1 aliphatic heterocycles. The molecule has 3 heterocycles. The minimum Gasteiger partial charge on any atom is -0.390 e. The molecule has 8 nitrogen and oxygen atoms in total. The van der Waals surface area contributed by atoms with Crippen molar-refractivity contribution in [3.05, 3.63) is 41.7 Å². The maximum absolute atomic E-state index is 13.5. The van der Waals surface area contributed by atoms with Gasteiger partial charge in [0, 0.05) is 24.8 Å². The molecule has 210 valence electrons. The molecular formula is C30H41N5O3S. The average molecular weight is 552 g/mol. The predicted octanol–water partition coefficient (Wildman–Crippen LogP) is 5.08. The highest BCUT2D eigenvalue weighted by atomic mass is 32.2. The van der Waals surface area contributed by atoms with Crippen molar-refractivity contribution in [2.24, 2.45) is 12.5 Å².